The van der Waals surface area contributed by atoms with Crippen LogP contribution in [0, 0.1) is 20.8 Å². The lowest BCUT2D eigenvalue weighted by atomic mass is 10.1. The Balaban J connectivity index is 1.70. The van der Waals surface area contributed by atoms with Gasteiger partial charge in [-0.05, 0) is 93.6 Å². The van der Waals surface area contributed by atoms with E-state index in [1.807, 2.05) is 39.0 Å². The number of nitrogens with zero attached hydrogens (tertiary/aromatic N) is 2. The molecule has 0 aliphatic heterocycles. The Labute approximate surface area is 249 Å². The molecule has 0 spiro atoms. The number of anilines is 1. The lowest BCUT2D eigenvalue weighted by Crippen LogP contribution is -2.52. The zero-order chi connectivity index (χ0) is 30.4. The number of benzene rings is 3. The fourth-order valence-electron chi connectivity index (χ4n) is 5.15. The van der Waals surface area contributed by atoms with Gasteiger partial charge in [-0.3, -0.25) is 13.9 Å². The maximum Gasteiger partial charge on any atom is 0.264 e. The second-order valence-electron chi connectivity index (χ2n) is 11.1. The normalized spacial score (nSPS) is 14.3. The van der Waals surface area contributed by atoms with Crippen molar-refractivity contribution >= 4 is 27.5 Å². The lowest BCUT2D eigenvalue weighted by molar-refractivity contribution is -0.139. The van der Waals surface area contributed by atoms with E-state index in [-0.39, 0.29) is 23.4 Å². The zero-order valence-electron chi connectivity index (χ0n) is 25.1. The van der Waals surface area contributed by atoms with Gasteiger partial charge in [0.2, 0.25) is 11.8 Å². The van der Waals surface area contributed by atoms with Crippen molar-refractivity contribution in [3.8, 4) is 5.75 Å². The summed E-state index contributed by atoms with van der Waals surface area (Å²) >= 11 is 0. The first kappa shape index (κ1) is 31.1. The molecule has 1 unspecified atom stereocenters. The van der Waals surface area contributed by atoms with E-state index in [2.05, 4.69) is 5.32 Å². The molecule has 224 valence electrons. The number of carbonyl (C=O) groups excluding carboxylic acids is 2. The van der Waals surface area contributed by atoms with Crippen LogP contribution in [-0.2, 0) is 26.2 Å². The van der Waals surface area contributed by atoms with E-state index >= 15 is 0 Å². The summed E-state index contributed by atoms with van der Waals surface area (Å²) in [5.41, 5.74) is 4.03. The van der Waals surface area contributed by atoms with Crippen LogP contribution in [0.15, 0.2) is 71.6 Å². The van der Waals surface area contributed by atoms with Gasteiger partial charge < -0.3 is 15.0 Å². The number of nitrogens with one attached hydrogen (secondary N) is 1. The number of aryl methyl sites for hydroxylation is 3. The molecule has 1 aliphatic carbocycles. The predicted octanol–water partition coefficient (Wildman–Crippen LogP) is 5.29. The molecule has 2 amide bonds. The summed E-state index contributed by atoms with van der Waals surface area (Å²) < 4.78 is 34.5. The average Bonchev–Trinajstić information content (AvgIpc) is 3.49. The van der Waals surface area contributed by atoms with Crippen LogP contribution in [0.2, 0.25) is 0 Å². The largest absolute Gasteiger partial charge is 0.497 e. The van der Waals surface area contributed by atoms with Crippen LogP contribution >= 0.6 is 0 Å². The van der Waals surface area contributed by atoms with Gasteiger partial charge in [-0.25, -0.2) is 8.42 Å². The highest BCUT2D eigenvalue weighted by Crippen LogP contribution is 2.27. The van der Waals surface area contributed by atoms with Crippen LogP contribution in [0.4, 0.5) is 5.69 Å². The van der Waals surface area contributed by atoms with E-state index in [1.165, 1.54) is 4.90 Å². The standard InChI is InChI=1S/C33H41N3O5S/c1-23-10-18-31(19-11-23)42(39,40)36(29-15-12-24(2)25(3)20-29)22-32(37)35(21-27-13-16-30(41-5)17-14-27)26(4)33(38)34-28-8-6-7-9-28/h10-20,26,28H,6-9,21-22H2,1-5H3,(H,34,38). The van der Waals surface area contributed by atoms with Crippen LogP contribution in [0.5, 0.6) is 5.75 Å². The third-order valence-electron chi connectivity index (χ3n) is 8.05. The first-order valence-electron chi connectivity index (χ1n) is 14.4. The maximum atomic E-state index is 14.1. The summed E-state index contributed by atoms with van der Waals surface area (Å²) in [5, 5.41) is 3.09. The van der Waals surface area contributed by atoms with E-state index in [9.17, 15) is 18.0 Å². The molecule has 1 atom stereocenters. The molecule has 1 saturated carbocycles. The fourth-order valence-corrected chi connectivity index (χ4v) is 6.56. The minimum atomic E-state index is -4.11. The Morgan fingerprint density at radius 3 is 2.17 bits per heavy atom. The van der Waals surface area contributed by atoms with Crippen LogP contribution in [0.25, 0.3) is 0 Å². The van der Waals surface area contributed by atoms with Crippen molar-refractivity contribution < 1.29 is 22.7 Å². The Hall–Kier alpha value is -3.85. The van der Waals surface area contributed by atoms with E-state index < -0.39 is 28.5 Å². The van der Waals surface area contributed by atoms with E-state index in [0.717, 1.165) is 52.2 Å². The topological polar surface area (TPSA) is 96.0 Å². The molecule has 3 aromatic carbocycles. The van der Waals surface area contributed by atoms with Crippen LogP contribution in [0.3, 0.4) is 0 Å². The maximum absolute atomic E-state index is 14.1. The molecule has 0 bridgehead atoms. The summed E-state index contributed by atoms with van der Waals surface area (Å²) in [6.45, 7) is 7.10. The van der Waals surface area contributed by atoms with Crippen molar-refractivity contribution in [2.75, 3.05) is 18.0 Å². The molecular weight excluding hydrogens is 550 g/mol. The summed E-state index contributed by atoms with van der Waals surface area (Å²) in [7, 11) is -2.53. The summed E-state index contributed by atoms with van der Waals surface area (Å²) in [6, 6.07) is 18.5. The monoisotopic (exact) mass is 591 g/mol. The fraction of sp³-hybridized carbons (Fsp3) is 0.394. The molecule has 0 saturated heterocycles. The van der Waals surface area contributed by atoms with Crippen LogP contribution < -0.4 is 14.4 Å². The van der Waals surface area contributed by atoms with Crippen molar-refractivity contribution in [3.05, 3.63) is 89.0 Å². The van der Waals surface area contributed by atoms with Gasteiger partial charge in [0.25, 0.3) is 10.0 Å². The molecule has 1 fully saturated rings. The minimum Gasteiger partial charge on any atom is -0.497 e. The Bertz CT molecular complexity index is 1500. The second kappa shape index (κ2) is 13.4. The van der Waals surface area contributed by atoms with Gasteiger partial charge in [0, 0.05) is 12.6 Å². The molecule has 4 rings (SSSR count). The average molecular weight is 592 g/mol. The number of hydrogen-bond donors (Lipinski definition) is 1. The number of hydrogen-bond acceptors (Lipinski definition) is 5. The van der Waals surface area contributed by atoms with Gasteiger partial charge >= 0.3 is 0 Å². The molecule has 8 nitrogen and oxygen atoms in total. The van der Waals surface area contributed by atoms with Gasteiger partial charge in [-0.15, -0.1) is 0 Å². The molecular formula is C33H41N3O5S. The van der Waals surface area contributed by atoms with Gasteiger partial charge in [-0.1, -0.05) is 48.7 Å². The van der Waals surface area contributed by atoms with E-state index in [4.69, 9.17) is 4.74 Å². The molecule has 0 aromatic heterocycles. The summed E-state index contributed by atoms with van der Waals surface area (Å²) in [4.78, 5) is 29.1. The number of amides is 2. The minimum absolute atomic E-state index is 0.0897. The summed E-state index contributed by atoms with van der Waals surface area (Å²) in [6.07, 6.45) is 3.96. The van der Waals surface area contributed by atoms with Crippen molar-refractivity contribution in [3.63, 3.8) is 0 Å². The molecule has 0 heterocycles. The zero-order valence-corrected chi connectivity index (χ0v) is 25.9. The first-order chi connectivity index (χ1) is 20.0. The lowest BCUT2D eigenvalue weighted by Gasteiger charge is -2.32. The molecule has 9 heteroatoms. The van der Waals surface area contributed by atoms with Crippen molar-refractivity contribution in [2.45, 2.75) is 76.9 Å². The van der Waals surface area contributed by atoms with Gasteiger partial charge in [-0.2, -0.15) is 0 Å². The molecule has 42 heavy (non-hydrogen) atoms. The Kier molecular flexibility index (Phi) is 9.93. The Morgan fingerprint density at radius 2 is 1.57 bits per heavy atom. The highest BCUT2D eigenvalue weighted by Gasteiger charge is 2.33. The van der Waals surface area contributed by atoms with E-state index in [0.29, 0.717) is 11.4 Å². The van der Waals surface area contributed by atoms with Gasteiger partial charge in [0.15, 0.2) is 0 Å². The second-order valence-corrected chi connectivity index (χ2v) is 13.0. The molecule has 0 radical (unpaired) electrons. The number of rotatable bonds is 11. The highest BCUT2D eigenvalue weighted by molar-refractivity contribution is 7.92. The highest BCUT2D eigenvalue weighted by atomic mass is 32.2. The smallest absolute Gasteiger partial charge is 0.264 e. The third kappa shape index (κ3) is 7.31. The van der Waals surface area contributed by atoms with E-state index in [1.54, 1.807) is 62.6 Å². The number of sulfonamides is 1. The first-order valence-corrected chi connectivity index (χ1v) is 15.8. The number of carbonyl (C=O) groups is 2. The quantitative estimate of drug-likeness (QED) is 0.327. The van der Waals surface area contributed by atoms with Crippen molar-refractivity contribution in [2.24, 2.45) is 0 Å². The van der Waals surface area contributed by atoms with Gasteiger partial charge in [0.05, 0.1) is 17.7 Å². The number of ether oxygens (including phenoxy) is 1. The molecule has 3 aromatic rings. The SMILES string of the molecule is COc1ccc(CN(C(=O)CN(c2ccc(C)c(C)c2)S(=O)(=O)c2ccc(C)cc2)C(C)C(=O)NC2CCCC2)cc1. The summed E-state index contributed by atoms with van der Waals surface area (Å²) in [5.74, 6) is -0.0505. The number of methoxy groups -OCH3 is 1. The van der Waals surface area contributed by atoms with Crippen molar-refractivity contribution in [1.82, 2.24) is 10.2 Å². The van der Waals surface area contributed by atoms with Crippen LogP contribution in [0.1, 0.15) is 54.9 Å². The Morgan fingerprint density at radius 1 is 0.929 bits per heavy atom. The van der Waals surface area contributed by atoms with Gasteiger partial charge in [0.1, 0.15) is 18.3 Å². The van der Waals surface area contributed by atoms with Crippen molar-refractivity contribution in [1.29, 1.82) is 0 Å². The van der Waals surface area contributed by atoms with Crippen LogP contribution in [-0.4, -0.2) is 50.9 Å². The molecule has 1 N–H and O–H groups in total. The third-order valence-corrected chi connectivity index (χ3v) is 9.84. The molecule has 1 aliphatic rings. The predicted molar refractivity (Wildman–Crippen MR) is 165 cm³/mol.